The van der Waals surface area contributed by atoms with Crippen molar-refractivity contribution in [2.75, 3.05) is 0 Å². The molecule has 0 N–H and O–H groups in total. The van der Waals surface area contributed by atoms with Gasteiger partial charge in [0.15, 0.2) is 0 Å². The van der Waals surface area contributed by atoms with E-state index in [1.807, 2.05) is 13.8 Å². The van der Waals surface area contributed by atoms with Gasteiger partial charge in [0.2, 0.25) is 11.7 Å². The summed E-state index contributed by atoms with van der Waals surface area (Å²) in [5, 5.41) is 13.6. The molecule has 0 fully saturated rings. The average Bonchev–Trinajstić information content (AvgIpc) is 2.87. The van der Waals surface area contributed by atoms with Gasteiger partial charge in [-0.15, -0.1) is 0 Å². The van der Waals surface area contributed by atoms with Crippen LogP contribution in [0.3, 0.4) is 0 Å². The predicted molar refractivity (Wildman–Crippen MR) is 79.9 cm³/mol. The zero-order valence-corrected chi connectivity index (χ0v) is 13.2. The van der Waals surface area contributed by atoms with Crippen LogP contribution in [-0.4, -0.2) is 15.1 Å². The van der Waals surface area contributed by atoms with E-state index in [9.17, 15) is 0 Å². The molecule has 2 heterocycles. The van der Waals surface area contributed by atoms with Crippen LogP contribution in [0.15, 0.2) is 16.8 Å². The molecular weight excluding hydrogens is 311 g/mol. The van der Waals surface area contributed by atoms with E-state index < -0.39 is 0 Å². The van der Waals surface area contributed by atoms with E-state index in [1.54, 1.807) is 6.07 Å². The molecule has 0 saturated heterocycles. The summed E-state index contributed by atoms with van der Waals surface area (Å²) >= 11 is 11.9. The van der Waals surface area contributed by atoms with Crippen molar-refractivity contribution in [2.45, 2.75) is 33.1 Å². The van der Waals surface area contributed by atoms with Gasteiger partial charge in [0.25, 0.3) is 0 Å². The van der Waals surface area contributed by atoms with Gasteiger partial charge in [0.1, 0.15) is 5.69 Å². The molecule has 2 rings (SSSR count). The molecule has 2 aromatic heterocycles. The lowest BCUT2D eigenvalue weighted by Gasteiger charge is -2.22. The van der Waals surface area contributed by atoms with Crippen molar-refractivity contribution < 1.29 is 4.52 Å². The van der Waals surface area contributed by atoms with Crippen molar-refractivity contribution >= 4 is 23.2 Å². The molecule has 0 amide bonds. The highest BCUT2D eigenvalue weighted by Crippen LogP contribution is 2.31. The van der Waals surface area contributed by atoms with Gasteiger partial charge < -0.3 is 4.52 Å². The van der Waals surface area contributed by atoms with E-state index in [0.29, 0.717) is 40.3 Å². The Labute approximate surface area is 132 Å². The van der Waals surface area contributed by atoms with Gasteiger partial charge >= 0.3 is 0 Å². The van der Waals surface area contributed by atoms with Crippen molar-refractivity contribution in [3.05, 3.63) is 28.2 Å². The van der Waals surface area contributed by atoms with Gasteiger partial charge in [-0.1, -0.05) is 42.2 Å². The van der Waals surface area contributed by atoms with Gasteiger partial charge in [-0.25, -0.2) is 4.98 Å². The van der Waals surface area contributed by atoms with E-state index in [2.05, 4.69) is 21.2 Å². The van der Waals surface area contributed by atoms with E-state index in [0.717, 1.165) is 6.42 Å². The second-order valence-electron chi connectivity index (χ2n) is 5.17. The zero-order valence-electron chi connectivity index (χ0n) is 11.7. The van der Waals surface area contributed by atoms with Crippen molar-refractivity contribution in [1.82, 2.24) is 15.1 Å². The molecule has 110 valence electrons. The molecule has 0 aliphatic heterocycles. The third-order valence-corrected chi connectivity index (χ3v) is 3.92. The van der Waals surface area contributed by atoms with Crippen LogP contribution in [0.2, 0.25) is 10.0 Å². The van der Waals surface area contributed by atoms with Gasteiger partial charge in [0, 0.05) is 19.0 Å². The highest BCUT2D eigenvalue weighted by Gasteiger charge is 2.26. The predicted octanol–water partition coefficient (Wildman–Crippen LogP) is 4.31. The van der Waals surface area contributed by atoms with Gasteiger partial charge in [-0.05, 0) is 17.9 Å². The summed E-state index contributed by atoms with van der Waals surface area (Å²) in [6, 6.07) is 3.77. The number of hydrogen-bond acceptors (Lipinski definition) is 5. The summed E-state index contributed by atoms with van der Waals surface area (Å²) in [5.74, 6) is 0.791. The fraction of sp³-hybridized carbons (Fsp3) is 0.429. The van der Waals surface area contributed by atoms with Crippen LogP contribution in [0.5, 0.6) is 0 Å². The molecule has 0 bridgehead atoms. The number of pyridine rings is 1. The Kier molecular flexibility index (Phi) is 4.81. The maximum absolute atomic E-state index is 8.90. The van der Waals surface area contributed by atoms with Crippen molar-refractivity contribution in [1.29, 1.82) is 5.26 Å². The van der Waals surface area contributed by atoms with Gasteiger partial charge in [0.05, 0.1) is 16.1 Å². The molecule has 2 aromatic rings. The van der Waals surface area contributed by atoms with Crippen LogP contribution in [0, 0.1) is 16.7 Å². The summed E-state index contributed by atoms with van der Waals surface area (Å²) in [6.07, 6.45) is 3.29. The first-order chi connectivity index (χ1) is 9.97. The lowest BCUT2D eigenvalue weighted by atomic mass is 9.81. The summed E-state index contributed by atoms with van der Waals surface area (Å²) in [4.78, 5) is 8.42. The van der Waals surface area contributed by atoms with Crippen LogP contribution in [0.25, 0.3) is 11.5 Å². The highest BCUT2D eigenvalue weighted by atomic mass is 35.5. The Morgan fingerprint density at radius 2 is 2.19 bits per heavy atom. The normalized spacial score (nSPS) is 13.7. The molecule has 1 atom stereocenters. The van der Waals surface area contributed by atoms with Crippen molar-refractivity contribution in [3.63, 3.8) is 0 Å². The van der Waals surface area contributed by atoms with Gasteiger partial charge in [-0.3, -0.25) is 0 Å². The Balaban J connectivity index is 2.24. The first-order valence-corrected chi connectivity index (χ1v) is 7.24. The minimum Gasteiger partial charge on any atom is -0.339 e. The standard InChI is InChI=1S/C14H14Cl2N4O/c1-3-14(2,4-5-17)7-11-19-13(20-21-11)12-10(16)6-9(15)8-18-12/h6,8H,3-4,7H2,1-2H3. The minimum absolute atomic E-state index is 0.185. The third-order valence-electron chi connectivity index (χ3n) is 3.43. The van der Waals surface area contributed by atoms with Crippen LogP contribution in [0.4, 0.5) is 0 Å². The Hall–Kier alpha value is -1.64. The first kappa shape index (κ1) is 15.7. The van der Waals surface area contributed by atoms with E-state index in [1.165, 1.54) is 6.20 Å². The van der Waals surface area contributed by atoms with E-state index in [4.69, 9.17) is 33.0 Å². The molecule has 0 aliphatic carbocycles. The van der Waals surface area contributed by atoms with Crippen molar-refractivity contribution in [2.24, 2.45) is 5.41 Å². The zero-order chi connectivity index (χ0) is 15.5. The molecule has 5 nitrogen and oxygen atoms in total. The first-order valence-electron chi connectivity index (χ1n) is 6.48. The number of aromatic nitrogens is 3. The summed E-state index contributed by atoms with van der Waals surface area (Å²) < 4.78 is 5.25. The molecule has 1 unspecified atom stereocenters. The largest absolute Gasteiger partial charge is 0.339 e. The Morgan fingerprint density at radius 1 is 1.43 bits per heavy atom. The number of nitriles is 1. The molecule has 0 saturated carbocycles. The quantitative estimate of drug-likeness (QED) is 0.818. The average molecular weight is 325 g/mol. The minimum atomic E-state index is -0.185. The van der Waals surface area contributed by atoms with Crippen molar-refractivity contribution in [3.8, 4) is 17.6 Å². The number of rotatable bonds is 5. The third kappa shape index (κ3) is 3.72. The van der Waals surface area contributed by atoms with Crippen LogP contribution >= 0.6 is 23.2 Å². The molecule has 0 aliphatic rings. The lowest BCUT2D eigenvalue weighted by molar-refractivity contribution is 0.266. The summed E-state index contributed by atoms with van der Waals surface area (Å²) in [5.41, 5.74) is 0.241. The van der Waals surface area contributed by atoms with Crippen LogP contribution in [0.1, 0.15) is 32.6 Å². The summed E-state index contributed by atoms with van der Waals surface area (Å²) in [7, 11) is 0. The smallest absolute Gasteiger partial charge is 0.227 e. The fourth-order valence-corrected chi connectivity index (χ4v) is 2.34. The lowest BCUT2D eigenvalue weighted by Crippen LogP contribution is -2.18. The van der Waals surface area contributed by atoms with E-state index in [-0.39, 0.29) is 5.41 Å². The second kappa shape index (κ2) is 6.42. The van der Waals surface area contributed by atoms with E-state index >= 15 is 0 Å². The molecule has 0 spiro atoms. The Morgan fingerprint density at radius 3 is 2.81 bits per heavy atom. The molecule has 0 radical (unpaired) electrons. The monoisotopic (exact) mass is 324 g/mol. The molecular formula is C14H14Cl2N4O. The maximum atomic E-state index is 8.90. The number of hydrogen-bond donors (Lipinski definition) is 0. The summed E-state index contributed by atoms with van der Waals surface area (Å²) in [6.45, 7) is 4.06. The maximum Gasteiger partial charge on any atom is 0.227 e. The van der Waals surface area contributed by atoms with Crippen LogP contribution < -0.4 is 0 Å². The number of halogens is 2. The second-order valence-corrected chi connectivity index (χ2v) is 6.02. The highest BCUT2D eigenvalue weighted by molar-refractivity contribution is 6.35. The topological polar surface area (TPSA) is 75.6 Å². The molecule has 7 heteroatoms. The fourth-order valence-electron chi connectivity index (χ4n) is 1.87. The molecule has 21 heavy (non-hydrogen) atoms. The Bertz CT molecular complexity index is 680. The number of nitrogens with zero attached hydrogens (tertiary/aromatic N) is 4. The van der Waals surface area contributed by atoms with Crippen LogP contribution in [-0.2, 0) is 6.42 Å². The molecule has 0 aromatic carbocycles. The SMILES string of the molecule is CCC(C)(CC#N)Cc1nc(-c2ncc(Cl)cc2Cl)no1. The van der Waals surface area contributed by atoms with Gasteiger partial charge in [-0.2, -0.15) is 10.2 Å².